The third-order valence-electron chi connectivity index (χ3n) is 4.18. The molecule has 0 aliphatic carbocycles. The average Bonchev–Trinajstić information content (AvgIpc) is 3.16. The molecule has 124 valence electrons. The second-order valence-electron chi connectivity index (χ2n) is 6.25. The van der Waals surface area contributed by atoms with E-state index in [1.54, 1.807) is 6.20 Å². The highest BCUT2D eigenvalue weighted by Gasteiger charge is 2.23. The molecule has 1 aromatic heterocycles. The van der Waals surface area contributed by atoms with Gasteiger partial charge in [0.15, 0.2) is 0 Å². The molecule has 5 nitrogen and oxygen atoms in total. The van der Waals surface area contributed by atoms with Gasteiger partial charge in [0, 0.05) is 29.1 Å². The topological polar surface area (TPSA) is 69.8 Å². The Bertz CT molecular complexity index is 980. The van der Waals surface area contributed by atoms with Crippen LogP contribution in [0.2, 0.25) is 0 Å². The summed E-state index contributed by atoms with van der Waals surface area (Å²) in [6.45, 7) is 4.14. The Hall–Kier alpha value is -3.34. The highest BCUT2D eigenvalue weighted by atomic mass is 16.2. The van der Waals surface area contributed by atoms with Crippen LogP contribution in [-0.4, -0.2) is 16.1 Å². The molecule has 2 heterocycles. The Labute approximate surface area is 145 Å². The quantitative estimate of drug-likeness (QED) is 0.633. The largest absolute Gasteiger partial charge is 0.346 e. The predicted octanol–water partition coefficient (Wildman–Crippen LogP) is 4.10. The lowest BCUT2D eigenvalue weighted by Crippen LogP contribution is -2.05. The number of nitrogens with zero attached hydrogens (tertiary/aromatic N) is 1. The molecule has 2 aromatic carbocycles. The summed E-state index contributed by atoms with van der Waals surface area (Å²) in [5, 5.41) is 13.3. The molecule has 0 atom stereocenters. The molecule has 0 saturated carbocycles. The molecular formula is C20H18N4O. The van der Waals surface area contributed by atoms with Gasteiger partial charge in [-0.05, 0) is 32.0 Å². The molecule has 3 N–H and O–H groups in total. The van der Waals surface area contributed by atoms with Crippen LogP contribution in [0.25, 0.3) is 16.8 Å². The van der Waals surface area contributed by atoms with Crippen molar-refractivity contribution in [3.05, 3.63) is 71.4 Å². The summed E-state index contributed by atoms with van der Waals surface area (Å²) >= 11 is 0. The number of para-hydroxylation sites is 1. The predicted molar refractivity (Wildman–Crippen MR) is 100 cm³/mol. The molecule has 3 aromatic rings. The van der Waals surface area contributed by atoms with E-state index in [2.05, 4.69) is 52.9 Å². The molecule has 0 bridgehead atoms. The number of rotatable bonds is 3. The fraction of sp³-hybridized carbons (Fsp3) is 0.100. The first kappa shape index (κ1) is 15.2. The van der Waals surface area contributed by atoms with E-state index in [4.69, 9.17) is 0 Å². The molecule has 1 aliphatic heterocycles. The number of H-pyrrole nitrogens is 1. The van der Waals surface area contributed by atoms with Crippen LogP contribution >= 0.6 is 0 Å². The monoisotopic (exact) mass is 330 g/mol. The highest BCUT2D eigenvalue weighted by Crippen LogP contribution is 2.31. The summed E-state index contributed by atoms with van der Waals surface area (Å²) < 4.78 is 0. The molecular weight excluding hydrogens is 312 g/mol. The van der Waals surface area contributed by atoms with Gasteiger partial charge in [-0.2, -0.15) is 5.10 Å². The van der Waals surface area contributed by atoms with E-state index in [0.717, 1.165) is 28.3 Å². The lowest BCUT2D eigenvalue weighted by molar-refractivity contribution is -0.110. The van der Waals surface area contributed by atoms with Crippen LogP contribution in [0.4, 0.5) is 11.5 Å². The maximum atomic E-state index is 12.1. The van der Waals surface area contributed by atoms with E-state index in [1.807, 2.05) is 30.3 Å². The van der Waals surface area contributed by atoms with Gasteiger partial charge in [0.1, 0.15) is 5.82 Å². The zero-order valence-electron chi connectivity index (χ0n) is 14.1. The molecule has 1 aliphatic rings. The number of nitrogens with one attached hydrogen (secondary N) is 3. The van der Waals surface area contributed by atoms with Gasteiger partial charge in [-0.15, -0.1) is 0 Å². The zero-order chi connectivity index (χ0) is 17.4. The maximum absolute atomic E-state index is 12.1. The third kappa shape index (κ3) is 2.92. The van der Waals surface area contributed by atoms with Gasteiger partial charge in [-0.3, -0.25) is 9.89 Å². The van der Waals surface area contributed by atoms with E-state index < -0.39 is 0 Å². The number of amides is 1. The summed E-state index contributed by atoms with van der Waals surface area (Å²) in [4.78, 5) is 12.1. The number of hydrogen-bond donors (Lipinski definition) is 3. The van der Waals surface area contributed by atoms with Gasteiger partial charge < -0.3 is 10.6 Å². The van der Waals surface area contributed by atoms with Gasteiger partial charge in [0.05, 0.1) is 11.3 Å². The van der Waals surface area contributed by atoms with Gasteiger partial charge in [0.2, 0.25) is 0 Å². The van der Waals surface area contributed by atoms with Gasteiger partial charge in [0.25, 0.3) is 5.91 Å². The van der Waals surface area contributed by atoms with Crippen molar-refractivity contribution >= 4 is 23.0 Å². The van der Waals surface area contributed by atoms with Crippen molar-refractivity contribution in [1.29, 1.82) is 0 Å². The van der Waals surface area contributed by atoms with Crippen molar-refractivity contribution in [3.8, 4) is 11.3 Å². The fourth-order valence-electron chi connectivity index (χ4n) is 3.10. The van der Waals surface area contributed by atoms with Crippen molar-refractivity contribution in [1.82, 2.24) is 10.2 Å². The van der Waals surface area contributed by atoms with Gasteiger partial charge >= 0.3 is 0 Å². The van der Waals surface area contributed by atoms with Crippen LogP contribution in [0.15, 0.2) is 54.7 Å². The SMILES string of the molecule is Cc1cc(C)cc(-c2cc(NC=C3C(=O)Nc4ccccc43)[nH]n2)c1. The van der Waals surface area contributed by atoms with Gasteiger partial charge in [-0.1, -0.05) is 35.4 Å². The smallest absolute Gasteiger partial charge is 0.257 e. The van der Waals surface area contributed by atoms with Crippen LogP contribution < -0.4 is 10.6 Å². The van der Waals surface area contributed by atoms with Crippen LogP contribution in [0.3, 0.4) is 0 Å². The molecule has 0 saturated heterocycles. The summed E-state index contributed by atoms with van der Waals surface area (Å²) in [6, 6.07) is 15.9. The molecule has 0 spiro atoms. The molecule has 0 radical (unpaired) electrons. The highest BCUT2D eigenvalue weighted by molar-refractivity contribution is 6.31. The van der Waals surface area contributed by atoms with Crippen molar-refractivity contribution in [2.45, 2.75) is 13.8 Å². The van der Waals surface area contributed by atoms with Crippen LogP contribution in [0, 0.1) is 13.8 Å². The third-order valence-corrected chi connectivity index (χ3v) is 4.18. The minimum atomic E-state index is -0.109. The molecule has 0 fully saturated rings. The minimum absolute atomic E-state index is 0.109. The normalized spacial score (nSPS) is 14.5. The van der Waals surface area contributed by atoms with Crippen LogP contribution in [-0.2, 0) is 4.79 Å². The lowest BCUT2D eigenvalue weighted by Gasteiger charge is -2.01. The number of carbonyl (C=O) groups excluding carboxylic acids is 1. The lowest BCUT2D eigenvalue weighted by atomic mass is 10.1. The molecule has 0 unspecified atom stereocenters. The number of hydrogen-bond acceptors (Lipinski definition) is 3. The van der Waals surface area contributed by atoms with E-state index in [-0.39, 0.29) is 5.91 Å². The van der Waals surface area contributed by atoms with Gasteiger partial charge in [-0.25, -0.2) is 0 Å². The number of aromatic nitrogens is 2. The molecule has 25 heavy (non-hydrogen) atoms. The number of carbonyl (C=O) groups is 1. The van der Waals surface area contributed by atoms with Crippen molar-refractivity contribution < 1.29 is 4.79 Å². The van der Waals surface area contributed by atoms with E-state index >= 15 is 0 Å². The minimum Gasteiger partial charge on any atom is -0.346 e. The van der Waals surface area contributed by atoms with E-state index in [1.165, 1.54) is 11.1 Å². The number of anilines is 2. The number of aryl methyl sites for hydroxylation is 2. The standard InChI is InChI=1S/C20H18N4O/c1-12-7-13(2)9-14(8-12)18-10-19(24-23-18)21-11-16-15-5-3-4-6-17(15)22-20(16)25/h3-11H,1-2H3,(H,22,25)(H2,21,23,24). The number of benzene rings is 2. The van der Waals surface area contributed by atoms with Crippen molar-refractivity contribution in [2.24, 2.45) is 0 Å². The Morgan fingerprint density at radius 2 is 1.80 bits per heavy atom. The number of fused-ring (bicyclic) bond motifs is 1. The summed E-state index contributed by atoms with van der Waals surface area (Å²) in [5.41, 5.74) is 6.68. The maximum Gasteiger partial charge on any atom is 0.257 e. The first-order valence-corrected chi connectivity index (χ1v) is 8.12. The van der Waals surface area contributed by atoms with Crippen LogP contribution in [0.1, 0.15) is 16.7 Å². The Balaban J connectivity index is 1.59. The average molecular weight is 330 g/mol. The van der Waals surface area contributed by atoms with Crippen molar-refractivity contribution in [2.75, 3.05) is 10.6 Å². The van der Waals surface area contributed by atoms with E-state index in [0.29, 0.717) is 5.57 Å². The first-order valence-electron chi connectivity index (χ1n) is 8.12. The van der Waals surface area contributed by atoms with E-state index in [9.17, 15) is 4.79 Å². The fourth-order valence-corrected chi connectivity index (χ4v) is 3.10. The second-order valence-corrected chi connectivity index (χ2v) is 6.25. The van der Waals surface area contributed by atoms with Crippen LogP contribution in [0.5, 0.6) is 0 Å². The molecule has 5 heteroatoms. The summed E-state index contributed by atoms with van der Waals surface area (Å²) in [6.07, 6.45) is 1.71. The second kappa shape index (κ2) is 5.94. The Morgan fingerprint density at radius 3 is 2.60 bits per heavy atom. The van der Waals surface area contributed by atoms with Crippen molar-refractivity contribution in [3.63, 3.8) is 0 Å². The Kier molecular flexibility index (Phi) is 3.61. The summed E-state index contributed by atoms with van der Waals surface area (Å²) in [7, 11) is 0. The summed E-state index contributed by atoms with van der Waals surface area (Å²) in [5.74, 6) is 0.626. The first-order chi connectivity index (χ1) is 12.1. The molecule has 1 amide bonds. The zero-order valence-corrected chi connectivity index (χ0v) is 14.1. The Morgan fingerprint density at radius 1 is 1.04 bits per heavy atom. The molecule has 4 rings (SSSR count). The number of aromatic amines is 1.